The fourth-order valence-electron chi connectivity index (χ4n) is 3.10. The molecule has 1 amide bonds. The molecule has 3 rings (SSSR count). The molecule has 5 nitrogen and oxygen atoms in total. The summed E-state index contributed by atoms with van der Waals surface area (Å²) in [5.41, 5.74) is 2.03. The summed E-state index contributed by atoms with van der Waals surface area (Å²) >= 11 is 0. The van der Waals surface area contributed by atoms with Crippen LogP contribution in [0.3, 0.4) is 0 Å². The third-order valence-electron chi connectivity index (χ3n) is 4.43. The van der Waals surface area contributed by atoms with Crippen LogP contribution in [0.4, 0.5) is 0 Å². The van der Waals surface area contributed by atoms with Gasteiger partial charge >= 0.3 is 0 Å². The number of carbonyl (C=O) groups excluding carboxylic acids is 1. The molecule has 1 aromatic heterocycles. The Kier molecular flexibility index (Phi) is 4.22. The lowest BCUT2D eigenvalue weighted by Gasteiger charge is -2.32. The minimum Gasteiger partial charge on any atom is -0.338 e. The first-order valence-corrected chi connectivity index (χ1v) is 7.91. The Bertz CT molecular complexity index is 647. The number of hydrogen-bond acceptors (Lipinski definition) is 3. The van der Waals surface area contributed by atoms with Crippen LogP contribution in [-0.4, -0.2) is 38.7 Å². The maximum atomic E-state index is 12.7. The summed E-state index contributed by atoms with van der Waals surface area (Å²) in [7, 11) is 1.96. The maximum absolute atomic E-state index is 12.7. The van der Waals surface area contributed by atoms with Crippen molar-refractivity contribution in [1.29, 1.82) is 0 Å². The summed E-state index contributed by atoms with van der Waals surface area (Å²) in [6, 6.07) is 7.95. The highest BCUT2D eigenvalue weighted by Gasteiger charge is 2.27. The lowest BCUT2D eigenvalue weighted by atomic mass is 9.96. The molecule has 116 valence electrons. The van der Waals surface area contributed by atoms with Crippen LogP contribution in [0.2, 0.25) is 0 Å². The van der Waals surface area contributed by atoms with Crippen LogP contribution in [0.5, 0.6) is 0 Å². The summed E-state index contributed by atoms with van der Waals surface area (Å²) in [6.45, 7) is 3.66. The summed E-state index contributed by atoms with van der Waals surface area (Å²) in [6.07, 6.45) is 4.79. The molecule has 5 heteroatoms. The van der Waals surface area contributed by atoms with E-state index in [0.717, 1.165) is 43.7 Å². The molecule has 2 aromatic rings. The molecule has 1 aliphatic heterocycles. The molecular formula is C17H22N4O. The van der Waals surface area contributed by atoms with Gasteiger partial charge in [-0.25, -0.2) is 0 Å². The van der Waals surface area contributed by atoms with Gasteiger partial charge in [0.05, 0.1) is 0 Å². The lowest BCUT2D eigenvalue weighted by molar-refractivity contribution is 0.0703. The molecule has 22 heavy (non-hydrogen) atoms. The van der Waals surface area contributed by atoms with E-state index >= 15 is 0 Å². The van der Waals surface area contributed by atoms with E-state index in [1.807, 2.05) is 40.8 Å². The van der Waals surface area contributed by atoms with Crippen molar-refractivity contribution in [2.24, 2.45) is 7.05 Å². The van der Waals surface area contributed by atoms with E-state index in [2.05, 4.69) is 17.1 Å². The van der Waals surface area contributed by atoms with Gasteiger partial charge in [-0.15, -0.1) is 10.2 Å². The summed E-state index contributed by atoms with van der Waals surface area (Å²) < 4.78 is 1.95. The number of hydrogen-bond donors (Lipinski definition) is 0. The molecule has 1 aromatic carbocycles. The van der Waals surface area contributed by atoms with Crippen molar-refractivity contribution in [3.63, 3.8) is 0 Å². The monoisotopic (exact) mass is 298 g/mol. The van der Waals surface area contributed by atoms with Crippen LogP contribution < -0.4 is 0 Å². The second-order valence-corrected chi connectivity index (χ2v) is 5.94. The molecule has 1 aliphatic rings. The number of likely N-dealkylation sites (tertiary alicyclic amines) is 1. The molecule has 1 unspecified atom stereocenters. The normalized spacial score (nSPS) is 18.5. The Morgan fingerprint density at radius 1 is 1.32 bits per heavy atom. The van der Waals surface area contributed by atoms with Gasteiger partial charge in [-0.05, 0) is 37.0 Å². The summed E-state index contributed by atoms with van der Waals surface area (Å²) in [5.74, 6) is 1.37. The Hall–Kier alpha value is -2.17. The number of rotatable bonds is 3. The molecule has 1 saturated heterocycles. The van der Waals surface area contributed by atoms with Gasteiger partial charge in [0.1, 0.15) is 12.2 Å². The highest BCUT2D eigenvalue weighted by atomic mass is 16.2. The van der Waals surface area contributed by atoms with E-state index in [9.17, 15) is 4.79 Å². The van der Waals surface area contributed by atoms with Crippen LogP contribution in [-0.2, 0) is 13.5 Å². The molecular weight excluding hydrogens is 276 g/mol. The van der Waals surface area contributed by atoms with E-state index in [1.54, 1.807) is 6.33 Å². The van der Waals surface area contributed by atoms with Crippen molar-refractivity contribution in [3.05, 3.63) is 47.5 Å². The van der Waals surface area contributed by atoms with Gasteiger partial charge in [0.2, 0.25) is 0 Å². The first-order chi connectivity index (χ1) is 10.7. The van der Waals surface area contributed by atoms with Gasteiger partial charge in [-0.2, -0.15) is 0 Å². The predicted octanol–water partition coefficient (Wildman–Crippen LogP) is 2.40. The number of aromatic nitrogens is 3. The molecule has 0 spiro atoms. The van der Waals surface area contributed by atoms with Crippen molar-refractivity contribution < 1.29 is 4.79 Å². The Balaban J connectivity index is 1.73. The third kappa shape index (κ3) is 2.89. The fraction of sp³-hybridized carbons (Fsp3) is 0.471. The Labute approximate surface area is 131 Å². The van der Waals surface area contributed by atoms with Gasteiger partial charge in [-0.1, -0.05) is 19.1 Å². The van der Waals surface area contributed by atoms with Crippen molar-refractivity contribution >= 4 is 5.91 Å². The average Bonchev–Trinajstić information content (AvgIpc) is 3.00. The smallest absolute Gasteiger partial charge is 0.253 e. The van der Waals surface area contributed by atoms with Crippen molar-refractivity contribution in [2.45, 2.75) is 32.1 Å². The predicted molar refractivity (Wildman–Crippen MR) is 84.7 cm³/mol. The molecule has 2 heterocycles. The van der Waals surface area contributed by atoms with Gasteiger partial charge in [0, 0.05) is 31.6 Å². The third-order valence-corrected chi connectivity index (χ3v) is 4.43. The molecule has 0 N–H and O–H groups in total. The maximum Gasteiger partial charge on any atom is 0.253 e. The first kappa shape index (κ1) is 14.8. The lowest BCUT2D eigenvalue weighted by Crippen LogP contribution is -2.39. The van der Waals surface area contributed by atoms with Crippen molar-refractivity contribution in [1.82, 2.24) is 19.7 Å². The standard InChI is InChI=1S/C17H22N4O/c1-3-13-6-8-14(9-7-13)17(22)21-10-4-5-15(11-21)16-19-18-12-20(16)2/h6-9,12,15H,3-5,10-11H2,1-2H3. The number of aryl methyl sites for hydroxylation is 2. The van der Waals surface area contributed by atoms with E-state index in [-0.39, 0.29) is 11.8 Å². The van der Waals surface area contributed by atoms with Crippen LogP contribution >= 0.6 is 0 Å². The molecule has 1 fully saturated rings. The topological polar surface area (TPSA) is 51.0 Å². The zero-order valence-electron chi connectivity index (χ0n) is 13.2. The number of nitrogens with zero attached hydrogens (tertiary/aromatic N) is 4. The van der Waals surface area contributed by atoms with E-state index < -0.39 is 0 Å². The zero-order chi connectivity index (χ0) is 15.5. The van der Waals surface area contributed by atoms with Crippen LogP contribution in [0.15, 0.2) is 30.6 Å². The number of piperidine rings is 1. The molecule has 0 saturated carbocycles. The van der Waals surface area contributed by atoms with E-state index in [4.69, 9.17) is 0 Å². The molecule has 0 aliphatic carbocycles. The van der Waals surface area contributed by atoms with Gasteiger partial charge in [0.25, 0.3) is 5.91 Å². The quantitative estimate of drug-likeness (QED) is 0.874. The van der Waals surface area contributed by atoms with Crippen LogP contribution in [0.25, 0.3) is 0 Å². The molecule has 1 atom stereocenters. The minimum atomic E-state index is 0.120. The number of carbonyl (C=O) groups is 1. The highest BCUT2D eigenvalue weighted by molar-refractivity contribution is 5.94. The Morgan fingerprint density at radius 3 is 2.73 bits per heavy atom. The second kappa shape index (κ2) is 6.30. The average molecular weight is 298 g/mol. The van der Waals surface area contributed by atoms with Crippen molar-refractivity contribution in [2.75, 3.05) is 13.1 Å². The van der Waals surface area contributed by atoms with Crippen LogP contribution in [0.1, 0.15) is 47.4 Å². The van der Waals surface area contributed by atoms with E-state index in [1.165, 1.54) is 5.56 Å². The second-order valence-electron chi connectivity index (χ2n) is 5.94. The number of benzene rings is 1. The fourth-order valence-corrected chi connectivity index (χ4v) is 3.10. The number of amides is 1. The van der Waals surface area contributed by atoms with E-state index in [0.29, 0.717) is 0 Å². The van der Waals surface area contributed by atoms with Crippen molar-refractivity contribution in [3.8, 4) is 0 Å². The highest BCUT2D eigenvalue weighted by Crippen LogP contribution is 2.26. The molecule has 0 bridgehead atoms. The summed E-state index contributed by atoms with van der Waals surface area (Å²) in [4.78, 5) is 14.6. The largest absolute Gasteiger partial charge is 0.338 e. The SMILES string of the molecule is CCc1ccc(C(=O)N2CCCC(c3nncn3C)C2)cc1. The minimum absolute atomic E-state index is 0.120. The Morgan fingerprint density at radius 2 is 2.09 bits per heavy atom. The summed E-state index contributed by atoms with van der Waals surface area (Å²) in [5, 5.41) is 8.16. The molecule has 0 radical (unpaired) electrons. The van der Waals surface area contributed by atoms with Crippen LogP contribution in [0, 0.1) is 0 Å². The van der Waals surface area contributed by atoms with Gasteiger partial charge in [-0.3, -0.25) is 4.79 Å². The zero-order valence-corrected chi connectivity index (χ0v) is 13.2. The van der Waals surface area contributed by atoms with Gasteiger partial charge in [0.15, 0.2) is 0 Å². The first-order valence-electron chi connectivity index (χ1n) is 7.91. The van der Waals surface area contributed by atoms with Gasteiger partial charge < -0.3 is 9.47 Å².